The van der Waals surface area contributed by atoms with Gasteiger partial charge in [-0.05, 0) is 31.9 Å². The number of rotatable bonds is 6. The molecule has 7 nitrogen and oxygen atoms in total. The zero-order chi connectivity index (χ0) is 17.8. The van der Waals surface area contributed by atoms with Crippen LogP contribution >= 0.6 is 0 Å². The molecule has 25 heavy (non-hydrogen) atoms. The van der Waals surface area contributed by atoms with E-state index in [-0.39, 0.29) is 17.6 Å². The number of nitrogens with zero attached hydrogens (tertiary/aromatic N) is 4. The van der Waals surface area contributed by atoms with Crippen molar-refractivity contribution in [1.29, 1.82) is 0 Å². The standard InChI is InChI=1S/C18H21N5O2/c1-12-8-9-19-18-21-16(22-23(12)18)17(25)20-11-15(10-13(2)24)14-6-4-3-5-7-14/h3-9,13,15,24H,10-11H2,1-2H3,(H,20,25). The first-order valence-corrected chi connectivity index (χ1v) is 8.24. The van der Waals surface area contributed by atoms with Gasteiger partial charge in [-0.3, -0.25) is 4.79 Å². The number of aliphatic hydroxyl groups is 1. The third-order valence-electron chi connectivity index (χ3n) is 4.04. The third kappa shape index (κ3) is 4.00. The van der Waals surface area contributed by atoms with Gasteiger partial charge in [0.25, 0.3) is 11.7 Å². The number of aliphatic hydroxyl groups excluding tert-OH is 1. The highest BCUT2D eigenvalue weighted by Gasteiger charge is 2.18. The minimum atomic E-state index is -0.456. The smallest absolute Gasteiger partial charge is 0.291 e. The van der Waals surface area contributed by atoms with Gasteiger partial charge in [0.2, 0.25) is 5.82 Å². The van der Waals surface area contributed by atoms with Crippen LogP contribution < -0.4 is 5.32 Å². The number of nitrogens with one attached hydrogen (secondary N) is 1. The Morgan fingerprint density at radius 3 is 2.72 bits per heavy atom. The minimum Gasteiger partial charge on any atom is -0.393 e. The molecule has 0 radical (unpaired) electrons. The minimum absolute atomic E-state index is 0.0158. The van der Waals surface area contributed by atoms with Crippen LogP contribution in [0.4, 0.5) is 0 Å². The van der Waals surface area contributed by atoms with E-state index in [1.807, 2.05) is 37.3 Å². The lowest BCUT2D eigenvalue weighted by Crippen LogP contribution is -2.30. The molecule has 2 atom stereocenters. The fourth-order valence-electron chi connectivity index (χ4n) is 2.77. The van der Waals surface area contributed by atoms with Crippen molar-refractivity contribution in [3.63, 3.8) is 0 Å². The monoisotopic (exact) mass is 339 g/mol. The number of hydrogen-bond acceptors (Lipinski definition) is 5. The molecule has 1 amide bonds. The summed E-state index contributed by atoms with van der Waals surface area (Å²) >= 11 is 0. The maximum absolute atomic E-state index is 12.4. The van der Waals surface area contributed by atoms with E-state index in [0.29, 0.717) is 18.7 Å². The molecule has 0 aliphatic heterocycles. The SMILES string of the molecule is Cc1ccnc2nc(C(=O)NCC(CC(C)O)c3ccccc3)nn12. The van der Waals surface area contributed by atoms with Gasteiger partial charge in [0.1, 0.15) is 0 Å². The summed E-state index contributed by atoms with van der Waals surface area (Å²) < 4.78 is 1.54. The highest BCUT2D eigenvalue weighted by Crippen LogP contribution is 2.20. The number of amides is 1. The summed E-state index contributed by atoms with van der Waals surface area (Å²) in [7, 11) is 0. The van der Waals surface area contributed by atoms with Crippen LogP contribution in [0.3, 0.4) is 0 Å². The Balaban J connectivity index is 1.73. The summed E-state index contributed by atoms with van der Waals surface area (Å²) in [5, 5.41) is 16.8. The molecule has 0 saturated carbocycles. The zero-order valence-corrected chi connectivity index (χ0v) is 14.3. The van der Waals surface area contributed by atoms with Crippen molar-refractivity contribution in [3.05, 3.63) is 59.7 Å². The third-order valence-corrected chi connectivity index (χ3v) is 4.04. The Hall–Kier alpha value is -2.80. The summed E-state index contributed by atoms with van der Waals surface area (Å²) in [5.41, 5.74) is 1.93. The summed E-state index contributed by atoms with van der Waals surface area (Å²) in [4.78, 5) is 20.7. The zero-order valence-electron chi connectivity index (χ0n) is 14.3. The molecular weight excluding hydrogens is 318 g/mol. The molecule has 1 aromatic carbocycles. The Morgan fingerprint density at radius 2 is 2.04 bits per heavy atom. The van der Waals surface area contributed by atoms with Crippen molar-refractivity contribution in [2.24, 2.45) is 0 Å². The molecule has 0 aliphatic carbocycles. The molecule has 0 saturated heterocycles. The lowest BCUT2D eigenvalue weighted by molar-refractivity contribution is 0.0935. The van der Waals surface area contributed by atoms with E-state index in [2.05, 4.69) is 20.4 Å². The lowest BCUT2D eigenvalue weighted by Gasteiger charge is -2.19. The van der Waals surface area contributed by atoms with Crippen LogP contribution in [-0.4, -0.2) is 43.2 Å². The van der Waals surface area contributed by atoms with E-state index < -0.39 is 6.10 Å². The Morgan fingerprint density at radius 1 is 1.28 bits per heavy atom. The van der Waals surface area contributed by atoms with Crippen LogP contribution in [0.1, 0.15) is 41.1 Å². The topological polar surface area (TPSA) is 92.4 Å². The van der Waals surface area contributed by atoms with E-state index in [1.165, 1.54) is 0 Å². The second kappa shape index (κ2) is 7.40. The van der Waals surface area contributed by atoms with Crippen LogP contribution in [0, 0.1) is 6.92 Å². The average molecular weight is 339 g/mol. The Labute approximate surface area is 145 Å². The van der Waals surface area contributed by atoms with E-state index in [4.69, 9.17) is 0 Å². The first-order chi connectivity index (χ1) is 12.0. The highest BCUT2D eigenvalue weighted by atomic mass is 16.3. The van der Waals surface area contributed by atoms with Crippen molar-refractivity contribution in [2.45, 2.75) is 32.3 Å². The number of carbonyl (C=O) groups is 1. The molecule has 3 rings (SSSR count). The van der Waals surface area contributed by atoms with Gasteiger partial charge in [-0.25, -0.2) is 9.50 Å². The Bertz CT molecular complexity index is 860. The van der Waals surface area contributed by atoms with Gasteiger partial charge in [0, 0.05) is 24.4 Å². The van der Waals surface area contributed by atoms with Gasteiger partial charge in [-0.15, -0.1) is 5.10 Å². The van der Waals surface area contributed by atoms with Gasteiger partial charge < -0.3 is 10.4 Å². The highest BCUT2D eigenvalue weighted by molar-refractivity contribution is 5.90. The molecule has 2 heterocycles. The quantitative estimate of drug-likeness (QED) is 0.713. The molecule has 0 aliphatic rings. The average Bonchev–Trinajstić information content (AvgIpc) is 3.04. The summed E-state index contributed by atoms with van der Waals surface area (Å²) in [6, 6.07) is 11.6. The summed E-state index contributed by atoms with van der Waals surface area (Å²) in [6.07, 6.45) is 1.74. The van der Waals surface area contributed by atoms with Crippen molar-refractivity contribution in [3.8, 4) is 0 Å². The number of aryl methyl sites for hydroxylation is 1. The van der Waals surface area contributed by atoms with E-state index in [1.54, 1.807) is 23.7 Å². The summed E-state index contributed by atoms with van der Waals surface area (Å²) in [5.74, 6) is 0.151. The fourth-order valence-corrected chi connectivity index (χ4v) is 2.77. The van der Waals surface area contributed by atoms with Gasteiger partial charge >= 0.3 is 0 Å². The van der Waals surface area contributed by atoms with Crippen molar-refractivity contribution < 1.29 is 9.90 Å². The van der Waals surface area contributed by atoms with Gasteiger partial charge in [0.05, 0.1) is 6.10 Å². The number of aromatic nitrogens is 4. The number of benzene rings is 1. The lowest BCUT2D eigenvalue weighted by atomic mass is 9.93. The Kier molecular flexibility index (Phi) is 5.04. The van der Waals surface area contributed by atoms with Crippen LogP contribution in [0.15, 0.2) is 42.6 Å². The molecule has 2 aromatic heterocycles. The van der Waals surface area contributed by atoms with Crippen molar-refractivity contribution >= 4 is 11.7 Å². The molecule has 0 spiro atoms. The maximum atomic E-state index is 12.4. The van der Waals surface area contributed by atoms with Crippen LogP contribution in [0.2, 0.25) is 0 Å². The van der Waals surface area contributed by atoms with Crippen molar-refractivity contribution in [1.82, 2.24) is 24.9 Å². The number of carbonyl (C=O) groups excluding carboxylic acids is 1. The van der Waals surface area contributed by atoms with E-state index >= 15 is 0 Å². The predicted octanol–water partition coefficient (Wildman–Crippen LogP) is 1.72. The second-order valence-corrected chi connectivity index (χ2v) is 6.14. The van der Waals surface area contributed by atoms with E-state index in [0.717, 1.165) is 11.3 Å². The molecule has 0 bridgehead atoms. The largest absolute Gasteiger partial charge is 0.393 e. The maximum Gasteiger partial charge on any atom is 0.291 e. The van der Waals surface area contributed by atoms with Gasteiger partial charge in [-0.1, -0.05) is 30.3 Å². The second-order valence-electron chi connectivity index (χ2n) is 6.14. The molecule has 0 fully saturated rings. The van der Waals surface area contributed by atoms with Crippen LogP contribution in [0.5, 0.6) is 0 Å². The van der Waals surface area contributed by atoms with Gasteiger partial charge in [-0.2, -0.15) is 4.98 Å². The first kappa shape index (κ1) is 17.0. The predicted molar refractivity (Wildman–Crippen MR) is 93.3 cm³/mol. The molecular formula is C18H21N5O2. The molecule has 2 unspecified atom stereocenters. The number of hydrogen-bond donors (Lipinski definition) is 2. The van der Waals surface area contributed by atoms with Crippen LogP contribution in [0.25, 0.3) is 5.78 Å². The van der Waals surface area contributed by atoms with Gasteiger partial charge in [0.15, 0.2) is 0 Å². The normalized spacial score (nSPS) is 13.6. The molecule has 3 aromatic rings. The number of fused-ring (bicyclic) bond motifs is 1. The van der Waals surface area contributed by atoms with E-state index in [9.17, 15) is 9.90 Å². The molecule has 130 valence electrons. The summed E-state index contributed by atoms with van der Waals surface area (Å²) in [6.45, 7) is 4.02. The van der Waals surface area contributed by atoms with Crippen LogP contribution in [-0.2, 0) is 0 Å². The fraction of sp³-hybridized carbons (Fsp3) is 0.333. The molecule has 7 heteroatoms. The van der Waals surface area contributed by atoms with Crippen molar-refractivity contribution in [2.75, 3.05) is 6.54 Å². The molecule has 2 N–H and O–H groups in total. The first-order valence-electron chi connectivity index (χ1n) is 8.24.